The minimum atomic E-state index is -0.463. The molecule has 1 aromatic carbocycles. The third-order valence-corrected chi connectivity index (χ3v) is 3.22. The molecule has 1 rings (SSSR count). The molecule has 116 valence electrons. The van der Waals surface area contributed by atoms with E-state index in [2.05, 4.69) is 0 Å². The fourth-order valence-corrected chi connectivity index (χ4v) is 2.25. The van der Waals surface area contributed by atoms with Crippen molar-refractivity contribution in [1.29, 1.82) is 0 Å². The van der Waals surface area contributed by atoms with Crippen LogP contribution in [0, 0.1) is 10.1 Å². The number of nitrogens with zero attached hydrogens (tertiary/aromatic N) is 2. The molecule has 0 aliphatic heterocycles. The van der Waals surface area contributed by atoms with Crippen LogP contribution in [0.15, 0.2) is 18.2 Å². The zero-order chi connectivity index (χ0) is 15.8. The van der Waals surface area contributed by atoms with E-state index < -0.39 is 4.92 Å². The number of rotatable bonds is 8. The van der Waals surface area contributed by atoms with Crippen LogP contribution in [-0.4, -0.2) is 35.5 Å². The molecule has 0 bridgehead atoms. The number of hydrogen-bond donors (Lipinski definition) is 0. The Hall–Kier alpha value is -1.66. The lowest BCUT2D eigenvalue weighted by Gasteiger charge is -2.21. The van der Waals surface area contributed by atoms with E-state index in [4.69, 9.17) is 16.3 Å². The Morgan fingerprint density at radius 2 is 2.14 bits per heavy atom. The maximum atomic E-state index is 11.6. The van der Waals surface area contributed by atoms with E-state index in [0.717, 1.165) is 6.42 Å². The van der Waals surface area contributed by atoms with Crippen molar-refractivity contribution in [2.75, 3.05) is 19.7 Å². The molecule has 21 heavy (non-hydrogen) atoms. The Morgan fingerprint density at radius 3 is 2.71 bits per heavy atom. The second kappa shape index (κ2) is 8.59. The van der Waals surface area contributed by atoms with Crippen molar-refractivity contribution < 1.29 is 14.5 Å². The summed E-state index contributed by atoms with van der Waals surface area (Å²) in [4.78, 5) is 24.0. The first-order chi connectivity index (χ1) is 9.99. The van der Waals surface area contributed by atoms with E-state index in [1.165, 1.54) is 6.07 Å². The number of halogens is 1. The molecular weight excluding hydrogens is 296 g/mol. The number of ether oxygens (including phenoxy) is 1. The second-order valence-corrected chi connectivity index (χ2v) is 4.92. The number of nitro groups is 1. The molecule has 0 heterocycles. The topological polar surface area (TPSA) is 72.7 Å². The Bertz CT molecular complexity index is 508. The number of hydrogen-bond acceptors (Lipinski definition) is 5. The van der Waals surface area contributed by atoms with Crippen LogP contribution in [-0.2, 0) is 16.1 Å². The van der Waals surface area contributed by atoms with Gasteiger partial charge in [-0.1, -0.05) is 24.6 Å². The van der Waals surface area contributed by atoms with E-state index >= 15 is 0 Å². The molecule has 0 aliphatic carbocycles. The van der Waals surface area contributed by atoms with Crippen molar-refractivity contribution in [3.8, 4) is 0 Å². The van der Waals surface area contributed by atoms with Crippen LogP contribution in [0.3, 0.4) is 0 Å². The van der Waals surface area contributed by atoms with Gasteiger partial charge >= 0.3 is 5.97 Å². The summed E-state index contributed by atoms with van der Waals surface area (Å²) in [6, 6.07) is 4.56. The van der Waals surface area contributed by atoms with Gasteiger partial charge in [-0.2, -0.15) is 0 Å². The first-order valence-electron chi connectivity index (χ1n) is 6.79. The third-order valence-electron chi connectivity index (χ3n) is 2.87. The van der Waals surface area contributed by atoms with Crippen LogP contribution in [0.25, 0.3) is 0 Å². The summed E-state index contributed by atoms with van der Waals surface area (Å²) in [5, 5.41) is 11.4. The molecule has 0 atom stereocenters. The maximum absolute atomic E-state index is 11.6. The fourth-order valence-electron chi connectivity index (χ4n) is 2.02. The summed E-state index contributed by atoms with van der Waals surface area (Å²) < 4.78 is 4.92. The van der Waals surface area contributed by atoms with Crippen LogP contribution in [0.2, 0.25) is 5.02 Å². The number of nitro benzene ring substituents is 1. The molecule has 0 saturated carbocycles. The van der Waals surface area contributed by atoms with Crippen LogP contribution < -0.4 is 0 Å². The summed E-state index contributed by atoms with van der Waals surface area (Å²) in [5.74, 6) is -0.347. The highest BCUT2D eigenvalue weighted by atomic mass is 35.5. The SMILES string of the molecule is CCCN(CC(=O)OCC)Cc1c(Cl)cccc1[N+](=O)[O-]. The van der Waals surface area contributed by atoms with Gasteiger partial charge in [0.1, 0.15) is 0 Å². The molecule has 1 aromatic rings. The number of carbonyl (C=O) groups is 1. The number of esters is 1. The normalized spacial score (nSPS) is 10.7. The van der Waals surface area contributed by atoms with Crippen molar-refractivity contribution in [2.45, 2.75) is 26.8 Å². The van der Waals surface area contributed by atoms with Gasteiger partial charge in [-0.3, -0.25) is 19.8 Å². The summed E-state index contributed by atoms with van der Waals surface area (Å²) in [6.45, 7) is 4.97. The minimum Gasteiger partial charge on any atom is -0.465 e. The van der Waals surface area contributed by atoms with Crippen molar-refractivity contribution >= 4 is 23.3 Å². The minimum absolute atomic E-state index is 0.0348. The van der Waals surface area contributed by atoms with Gasteiger partial charge in [0.05, 0.1) is 28.7 Å². The lowest BCUT2D eigenvalue weighted by atomic mass is 10.1. The van der Waals surface area contributed by atoms with Crippen LogP contribution in [0.1, 0.15) is 25.8 Å². The van der Waals surface area contributed by atoms with E-state index in [-0.39, 0.29) is 24.7 Å². The molecule has 0 amide bonds. The van der Waals surface area contributed by atoms with Crippen LogP contribution in [0.5, 0.6) is 0 Å². The molecule has 0 aliphatic rings. The van der Waals surface area contributed by atoms with Gasteiger partial charge in [0.2, 0.25) is 0 Å². The second-order valence-electron chi connectivity index (χ2n) is 4.51. The molecule has 0 unspecified atom stereocenters. The lowest BCUT2D eigenvalue weighted by molar-refractivity contribution is -0.385. The number of carbonyl (C=O) groups excluding carboxylic acids is 1. The average molecular weight is 315 g/mol. The van der Waals surface area contributed by atoms with Gasteiger partial charge in [-0.15, -0.1) is 0 Å². The van der Waals surface area contributed by atoms with Gasteiger partial charge < -0.3 is 4.74 Å². The quantitative estimate of drug-likeness (QED) is 0.419. The molecule has 0 N–H and O–H groups in total. The summed E-state index contributed by atoms with van der Waals surface area (Å²) >= 11 is 6.07. The zero-order valence-corrected chi connectivity index (χ0v) is 12.9. The first kappa shape index (κ1) is 17.4. The van der Waals surface area contributed by atoms with Crippen molar-refractivity contribution in [3.05, 3.63) is 38.9 Å². The average Bonchev–Trinajstić information content (AvgIpc) is 2.41. The Balaban J connectivity index is 2.93. The molecule has 0 saturated heterocycles. The van der Waals surface area contributed by atoms with Gasteiger partial charge in [-0.05, 0) is 26.0 Å². The Morgan fingerprint density at radius 1 is 1.43 bits per heavy atom. The van der Waals surface area contributed by atoms with Crippen LogP contribution in [0.4, 0.5) is 5.69 Å². The highest BCUT2D eigenvalue weighted by Gasteiger charge is 2.20. The standard InChI is InChI=1S/C14H19ClN2O4/c1-3-8-16(10-14(18)21-4-2)9-11-12(15)6-5-7-13(11)17(19)20/h5-7H,3-4,8-10H2,1-2H3. The van der Waals surface area contributed by atoms with Crippen molar-refractivity contribution in [1.82, 2.24) is 4.90 Å². The highest BCUT2D eigenvalue weighted by molar-refractivity contribution is 6.31. The molecule has 0 radical (unpaired) electrons. The van der Waals surface area contributed by atoms with E-state index in [1.807, 2.05) is 6.92 Å². The molecule has 6 nitrogen and oxygen atoms in total. The van der Waals surface area contributed by atoms with Crippen molar-refractivity contribution in [2.24, 2.45) is 0 Å². The maximum Gasteiger partial charge on any atom is 0.320 e. The smallest absolute Gasteiger partial charge is 0.320 e. The van der Waals surface area contributed by atoms with Gasteiger partial charge in [0, 0.05) is 12.6 Å². The Labute approximate surface area is 128 Å². The highest BCUT2D eigenvalue weighted by Crippen LogP contribution is 2.27. The summed E-state index contributed by atoms with van der Waals surface area (Å²) in [5.41, 5.74) is 0.384. The molecular formula is C14H19ClN2O4. The Kier molecular flexibility index (Phi) is 7.11. The predicted molar refractivity (Wildman–Crippen MR) is 80.3 cm³/mol. The monoisotopic (exact) mass is 314 g/mol. The van der Waals surface area contributed by atoms with E-state index in [9.17, 15) is 14.9 Å². The first-order valence-corrected chi connectivity index (χ1v) is 7.17. The van der Waals surface area contributed by atoms with E-state index in [1.54, 1.807) is 24.0 Å². The van der Waals surface area contributed by atoms with Gasteiger partial charge in [0.25, 0.3) is 5.69 Å². The summed E-state index contributed by atoms with van der Waals surface area (Å²) in [7, 11) is 0. The predicted octanol–water partition coefficient (Wildman–Crippen LogP) is 3.02. The molecule has 0 fully saturated rings. The molecule has 0 spiro atoms. The number of benzene rings is 1. The lowest BCUT2D eigenvalue weighted by Crippen LogP contribution is -2.31. The fraction of sp³-hybridized carbons (Fsp3) is 0.500. The van der Waals surface area contributed by atoms with Gasteiger partial charge in [-0.25, -0.2) is 0 Å². The van der Waals surface area contributed by atoms with E-state index in [0.29, 0.717) is 23.7 Å². The van der Waals surface area contributed by atoms with Crippen molar-refractivity contribution in [3.63, 3.8) is 0 Å². The zero-order valence-electron chi connectivity index (χ0n) is 12.2. The van der Waals surface area contributed by atoms with Gasteiger partial charge in [0.15, 0.2) is 0 Å². The summed E-state index contributed by atoms with van der Waals surface area (Å²) in [6.07, 6.45) is 0.817. The molecule has 0 aromatic heterocycles. The third kappa shape index (κ3) is 5.32. The largest absolute Gasteiger partial charge is 0.465 e. The van der Waals surface area contributed by atoms with Crippen LogP contribution >= 0.6 is 11.6 Å². The molecule has 7 heteroatoms.